The monoisotopic (exact) mass is 236 g/mol. The molecular formula is C12H10F2N2O. The van der Waals surface area contributed by atoms with Crippen molar-refractivity contribution in [1.82, 2.24) is 4.98 Å². The molecule has 0 radical (unpaired) electrons. The molecular weight excluding hydrogens is 226 g/mol. The molecule has 1 heterocycles. The first-order valence-electron chi connectivity index (χ1n) is 4.93. The normalized spacial score (nSPS) is 10.2. The SMILES string of the molecule is Nc1cc(OCc2ccc(F)cc2)ncc1F. The van der Waals surface area contributed by atoms with Crippen molar-refractivity contribution >= 4 is 5.69 Å². The lowest BCUT2D eigenvalue weighted by molar-refractivity contribution is 0.293. The molecule has 88 valence electrons. The van der Waals surface area contributed by atoms with Gasteiger partial charge in [-0.25, -0.2) is 13.8 Å². The molecule has 2 N–H and O–H groups in total. The standard InChI is InChI=1S/C12H10F2N2O/c13-9-3-1-8(2-4-9)7-17-12-5-11(15)10(14)6-16-12/h1-6H,7H2,(H2,15,16). The van der Waals surface area contributed by atoms with Crippen molar-refractivity contribution in [2.75, 3.05) is 5.73 Å². The van der Waals surface area contributed by atoms with E-state index in [0.717, 1.165) is 11.8 Å². The highest BCUT2D eigenvalue weighted by Crippen LogP contribution is 2.16. The van der Waals surface area contributed by atoms with Crippen molar-refractivity contribution in [3.63, 3.8) is 0 Å². The summed E-state index contributed by atoms with van der Waals surface area (Å²) in [5.74, 6) is -0.662. The number of pyridine rings is 1. The molecule has 0 aliphatic heterocycles. The molecule has 0 saturated heterocycles. The van der Waals surface area contributed by atoms with Gasteiger partial charge in [0.15, 0.2) is 5.82 Å². The molecule has 0 unspecified atom stereocenters. The van der Waals surface area contributed by atoms with Crippen molar-refractivity contribution in [2.45, 2.75) is 6.61 Å². The fourth-order valence-electron chi connectivity index (χ4n) is 1.25. The molecule has 0 atom stereocenters. The van der Waals surface area contributed by atoms with E-state index in [9.17, 15) is 8.78 Å². The highest BCUT2D eigenvalue weighted by Gasteiger charge is 2.02. The van der Waals surface area contributed by atoms with Gasteiger partial charge >= 0.3 is 0 Å². The van der Waals surface area contributed by atoms with Gasteiger partial charge in [0.2, 0.25) is 5.88 Å². The van der Waals surface area contributed by atoms with Crippen LogP contribution in [0.4, 0.5) is 14.5 Å². The maximum Gasteiger partial charge on any atom is 0.215 e. The number of hydrogen-bond donors (Lipinski definition) is 1. The topological polar surface area (TPSA) is 48.1 Å². The Morgan fingerprint density at radius 1 is 1.18 bits per heavy atom. The third-order valence-electron chi connectivity index (χ3n) is 2.16. The first-order chi connectivity index (χ1) is 8.15. The Morgan fingerprint density at radius 2 is 1.88 bits per heavy atom. The molecule has 0 bridgehead atoms. The number of benzene rings is 1. The van der Waals surface area contributed by atoms with Gasteiger partial charge in [0.1, 0.15) is 12.4 Å². The molecule has 0 fully saturated rings. The van der Waals surface area contributed by atoms with Crippen LogP contribution in [-0.2, 0) is 6.61 Å². The third-order valence-corrected chi connectivity index (χ3v) is 2.16. The Balaban J connectivity index is 2.02. The molecule has 17 heavy (non-hydrogen) atoms. The average Bonchev–Trinajstić information content (AvgIpc) is 2.33. The van der Waals surface area contributed by atoms with Crippen molar-refractivity contribution < 1.29 is 13.5 Å². The van der Waals surface area contributed by atoms with Crippen molar-refractivity contribution in [3.8, 4) is 5.88 Å². The van der Waals surface area contributed by atoms with Crippen LogP contribution in [0.2, 0.25) is 0 Å². The largest absolute Gasteiger partial charge is 0.473 e. The van der Waals surface area contributed by atoms with Crippen LogP contribution < -0.4 is 10.5 Å². The summed E-state index contributed by atoms with van der Waals surface area (Å²) in [7, 11) is 0. The number of halogens is 2. The highest BCUT2D eigenvalue weighted by atomic mass is 19.1. The highest BCUT2D eigenvalue weighted by molar-refractivity contribution is 5.41. The van der Waals surface area contributed by atoms with Gasteiger partial charge in [-0.15, -0.1) is 0 Å². The van der Waals surface area contributed by atoms with Gasteiger partial charge in [-0.3, -0.25) is 0 Å². The van der Waals surface area contributed by atoms with Crippen LogP contribution in [0.25, 0.3) is 0 Å². The van der Waals surface area contributed by atoms with Crippen LogP contribution in [0.15, 0.2) is 36.5 Å². The molecule has 0 amide bonds. The number of nitrogens with two attached hydrogens (primary N) is 1. The van der Waals surface area contributed by atoms with E-state index in [1.54, 1.807) is 12.1 Å². The number of nitrogens with zero attached hydrogens (tertiary/aromatic N) is 1. The minimum atomic E-state index is -0.584. The first kappa shape index (κ1) is 11.3. The van der Waals surface area contributed by atoms with E-state index in [4.69, 9.17) is 10.5 Å². The molecule has 0 aliphatic rings. The molecule has 3 nitrogen and oxygen atoms in total. The Morgan fingerprint density at radius 3 is 2.53 bits per heavy atom. The van der Waals surface area contributed by atoms with Gasteiger partial charge in [-0.1, -0.05) is 12.1 Å². The third kappa shape index (κ3) is 2.90. The van der Waals surface area contributed by atoms with Crippen LogP contribution in [0.5, 0.6) is 5.88 Å². The summed E-state index contributed by atoms with van der Waals surface area (Å²) in [6, 6.07) is 7.18. The average molecular weight is 236 g/mol. The number of nitrogen functional groups attached to an aromatic ring is 1. The number of aromatic nitrogens is 1. The van der Waals surface area contributed by atoms with Crippen LogP contribution in [0, 0.1) is 11.6 Å². The molecule has 0 spiro atoms. The second-order valence-electron chi connectivity index (χ2n) is 3.46. The molecule has 2 aromatic rings. The zero-order valence-corrected chi connectivity index (χ0v) is 8.86. The maximum atomic E-state index is 12.8. The van der Waals surface area contributed by atoms with Gasteiger partial charge in [0, 0.05) is 6.07 Å². The smallest absolute Gasteiger partial charge is 0.215 e. The van der Waals surface area contributed by atoms with Crippen LogP contribution in [0.1, 0.15) is 5.56 Å². The second kappa shape index (κ2) is 4.78. The number of rotatable bonds is 3. The van der Waals surface area contributed by atoms with Gasteiger partial charge in [0.25, 0.3) is 0 Å². The molecule has 0 aliphatic carbocycles. The fraction of sp³-hybridized carbons (Fsp3) is 0.0833. The fourth-order valence-corrected chi connectivity index (χ4v) is 1.25. The zero-order chi connectivity index (χ0) is 12.3. The Kier molecular flexibility index (Phi) is 3.18. The minimum absolute atomic E-state index is 0.0193. The Hall–Kier alpha value is -2.17. The van der Waals surface area contributed by atoms with E-state index in [1.807, 2.05) is 0 Å². The van der Waals surface area contributed by atoms with Crippen molar-refractivity contribution in [1.29, 1.82) is 0 Å². The van der Waals surface area contributed by atoms with Gasteiger partial charge < -0.3 is 10.5 Å². The van der Waals surface area contributed by atoms with Gasteiger partial charge in [-0.2, -0.15) is 0 Å². The lowest BCUT2D eigenvalue weighted by atomic mass is 10.2. The molecule has 5 heteroatoms. The summed E-state index contributed by atoms with van der Waals surface area (Å²) in [4.78, 5) is 3.72. The first-order valence-corrected chi connectivity index (χ1v) is 4.93. The number of anilines is 1. The minimum Gasteiger partial charge on any atom is -0.473 e. The van der Waals surface area contributed by atoms with Crippen molar-refractivity contribution in [3.05, 3.63) is 53.7 Å². The van der Waals surface area contributed by atoms with E-state index in [0.29, 0.717) is 0 Å². The van der Waals surface area contributed by atoms with Crippen LogP contribution in [0.3, 0.4) is 0 Å². The summed E-state index contributed by atoms with van der Waals surface area (Å²) in [5.41, 5.74) is 6.13. The zero-order valence-electron chi connectivity index (χ0n) is 8.86. The van der Waals surface area contributed by atoms with E-state index in [-0.39, 0.29) is 24.0 Å². The molecule has 1 aromatic heterocycles. The molecule has 1 aromatic carbocycles. The van der Waals surface area contributed by atoms with Gasteiger partial charge in [-0.05, 0) is 17.7 Å². The maximum absolute atomic E-state index is 12.8. The summed E-state index contributed by atoms with van der Waals surface area (Å²) in [5, 5.41) is 0. The summed E-state index contributed by atoms with van der Waals surface area (Å²) >= 11 is 0. The number of ether oxygens (including phenoxy) is 1. The Bertz CT molecular complexity index is 514. The van der Waals surface area contributed by atoms with Crippen molar-refractivity contribution in [2.24, 2.45) is 0 Å². The Labute approximate surface area is 96.9 Å². The summed E-state index contributed by atoms with van der Waals surface area (Å²) in [6.07, 6.45) is 0.995. The predicted molar refractivity (Wildman–Crippen MR) is 59.3 cm³/mol. The lowest BCUT2D eigenvalue weighted by Crippen LogP contribution is -1.99. The summed E-state index contributed by atoms with van der Waals surface area (Å²) < 4.78 is 30.7. The number of hydrogen-bond acceptors (Lipinski definition) is 3. The van der Waals surface area contributed by atoms with Crippen LogP contribution >= 0.6 is 0 Å². The predicted octanol–water partition coefficient (Wildman–Crippen LogP) is 2.52. The molecule has 0 saturated carbocycles. The molecule has 2 rings (SSSR count). The van der Waals surface area contributed by atoms with E-state index >= 15 is 0 Å². The van der Waals surface area contributed by atoms with Crippen LogP contribution in [-0.4, -0.2) is 4.98 Å². The lowest BCUT2D eigenvalue weighted by Gasteiger charge is -2.06. The van der Waals surface area contributed by atoms with E-state index in [1.165, 1.54) is 18.2 Å². The van der Waals surface area contributed by atoms with E-state index < -0.39 is 5.82 Å². The quantitative estimate of drug-likeness (QED) is 0.890. The van der Waals surface area contributed by atoms with Gasteiger partial charge in [0.05, 0.1) is 11.9 Å². The summed E-state index contributed by atoms with van der Waals surface area (Å²) in [6.45, 7) is 0.221. The van der Waals surface area contributed by atoms with E-state index in [2.05, 4.69) is 4.98 Å². The second-order valence-corrected chi connectivity index (χ2v) is 3.46.